The Morgan fingerprint density at radius 2 is 1.83 bits per heavy atom. The van der Waals surface area contributed by atoms with E-state index in [-0.39, 0.29) is 49.1 Å². The van der Waals surface area contributed by atoms with Crippen molar-refractivity contribution in [2.75, 3.05) is 13.2 Å². The van der Waals surface area contributed by atoms with Crippen LogP contribution < -0.4 is 0 Å². The van der Waals surface area contributed by atoms with E-state index in [1.165, 1.54) is 0 Å². The fourth-order valence-corrected chi connectivity index (χ4v) is 5.19. The number of ether oxygens (including phenoxy) is 2. The van der Waals surface area contributed by atoms with Gasteiger partial charge in [0.2, 0.25) is 0 Å². The lowest BCUT2D eigenvalue weighted by molar-refractivity contribution is -0.177. The van der Waals surface area contributed by atoms with Gasteiger partial charge in [-0.25, -0.2) is 4.79 Å². The fraction of sp³-hybridized carbons (Fsp3) is 0.778. The minimum Gasteiger partial charge on any atom is -0.512 e. The van der Waals surface area contributed by atoms with Crippen molar-refractivity contribution in [1.29, 1.82) is 0 Å². The van der Waals surface area contributed by atoms with Gasteiger partial charge in [-0.3, -0.25) is 4.79 Å². The van der Waals surface area contributed by atoms with Gasteiger partial charge < -0.3 is 19.7 Å². The first-order valence-corrected chi connectivity index (χ1v) is 8.91. The van der Waals surface area contributed by atoms with E-state index in [9.17, 15) is 19.8 Å². The van der Waals surface area contributed by atoms with Crippen molar-refractivity contribution in [3.63, 3.8) is 0 Å². The van der Waals surface area contributed by atoms with E-state index in [1.807, 2.05) is 0 Å². The lowest BCUT2D eigenvalue weighted by Gasteiger charge is -2.51. The summed E-state index contributed by atoms with van der Waals surface area (Å²) in [5.41, 5.74) is -1.04. The number of fused-ring (bicyclic) bond motifs is 4. The molecular formula is C18H26O6. The molecule has 0 aromatic carbocycles. The maximum atomic E-state index is 12.5. The lowest BCUT2D eigenvalue weighted by Crippen LogP contribution is -2.57. The first kappa shape index (κ1) is 17.3. The van der Waals surface area contributed by atoms with Crippen LogP contribution in [0.5, 0.6) is 0 Å². The second kappa shape index (κ2) is 6.39. The number of carbonyl (C=O) groups excluding carboxylic acids is 2. The number of carbonyl (C=O) groups is 2. The van der Waals surface area contributed by atoms with Gasteiger partial charge in [0.25, 0.3) is 0 Å². The summed E-state index contributed by atoms with van der Waals surface area (Å²) < 4.78 is 10.3. The van der Waals surface area contributed by atoms with Crippen LogP contribution in [0.15, 0.2) is 11.3 Å². The molecule has 3 aliphatic carbocycles. The molecule has 5 atom stereocenters. The van der Waals surface area contributed by atoms with Gasteiger partial charge in [-0.05, 0) is 44.9 Å². The van der Waals surface area contributed by atoms with Crippen LogP contribution in [-0.2, 0) is 19.1 Å². The predicted molar refractivity (Wildman–Crippen MR) is 84.9 cm³/mol. The Kier molecular flexibility index (Phi) is 4.60. The zero-order valence-electron chi connectivity index (χ0n) is 14.3. The van der Waals surface area contributed by atoms with E-state index >= 15 is 0 Å². The average molecular weight is 338 g/mol. The molecule has 2 bridgehead atoms. The molecule has 134 valence electrons. The third-order valence-electron chi connectivity index (χ3n) is 5.91. The maximum absolute atomic E-state index is 12.5. The van der Waals surface area contributed by atoms with Crippen molar-refractivity contribution in [2.24, 2.45) is 23.7 Å². The van der Waals surface area contributed by atoms with Crippen molar-refractivity contribution in [3.8, 4) is 0 Å². The topological polar surface area (TPSA) is 93.1 Å². The van der Waals surface area contributed by atoms with Crippen LogP contribution in [-0.4, -0.2) is 41.0 Å². The quantitative estimate of drug-likeness (QED) is 0.763. The standard InChI is InChI=1S/C18H26O6/c1-3-23-16(20)14-12-8-18(22,9-13(14)19)15(17(21)24-4-2)11-7-5-6-10(11)12/h10-12,15,19,22H,3-9H2,1-2H3. The summed E-state index contributed by atoms with van der Waals surface area (Å²) in [5.74, 6) is -1.81. The monoisotopic (exact) mass is 338 g/mol. The molecule has 0 aromatic rings. The van der Waals surface area contributed by atoms with Crippen molar-refractivity contribution in [1.82, 2.24) is 0 Å². The Bertz CT molecular complexity index is 568. The van der Waals surface area contributed by atoms with E-state index in [2.05, 4.69) is 0 Å². The highest BCUT2D eigenvalue weighted by atomic mass is 16.5. The predicted octanol–water partition coefficient (Wildman–Crippen LogP) is 2.11. The lowest BCUT2D eigenvalue weighted by atomic mass is 9.55. The van der Waals surface area contributed by atoms with Crippen molar-refractivity contribution in [3.05, 3.63) is 11.3 Å². The van der Waals surface area contributed by atoms with Gasteiger partial charge in [0.1, 0.15) is 5.76 Å². The molecule has 0 spiro atoms. The summed E-state index contributed by atoms with van der Waals surface area (Å²) >= 11 is 0. The number of hydrogen-bond acceptors (Lipinski definition) is 6. The van der Waals surface area contributed by atoms with Gasteiger partial charge in [-0.1, -0.05) is 6.42 Å². The van der Waals surface area contributed by atoms with Gasteiger partial charge >= 0.3 is 11.9 Å². The molecule has 2 fully saturated rings. The zero-order valence-corrected chi connectivity index (χ0v) is 14.3. The summed E-state index contributed by atoms with van der Waals surface area (Å²) in [5, 5.41) is 21.6. The highest BCUT2D eigenvalue weighted by Crippen LogP contribution is 2.58. The van der Waals surface area contributed by atoms with Gasteiger partial charge in [-0.15, -0.1) is 0 Å². The third kappa shape index (κ3) is 2.61. The first-order chi connectivity index (χ1) is 11.4. The van der Waals surface area contributed by atoms with Crippen molar-refractivity contribution >= 4 is 11.9 Å². The van der Waals surface area contributed by atoms with Gasteiger partial charge in [0.15, 0.2) is 0 Å². The minimum atomic E-state index is -1.34. The second-order valence-electron chi connectivity index (χ2n) is 7.16. The Morgan fingerprint density at radius 3 is 2.50 bits per heavy atom. The number of rotatable bonds is 4. The second-order valence-corrected chi connectivity index (χ2v) is 7.16. The molecule has 2 N–H and O–H groups in total. The van der Waals surface area contributed by atoms with Gasteiger partial charge in [0.05, 0.1) is 30.3 Å². The summed E-state index contributed by atoms with van der Waals surface area (Å²) in [6.07, 6.45) is 2.89. The van der Waals surface area contributed by atoms with E-state index in [4.69, 9.17) is 9.47 Å². The number of aliphatic hydroxyl groups is 2. The smallest absolute Gasteiger partial charge is 0.337 e. The van der Waals surface area contributed by atoms with Gasteiger partial charge in [0, 0.05) is 12.3 Å². The fourth-order valence-electron chi connectivity index (χ4n) is 5.19. The van der Waals surface area contributed by atoms with E-state index in [0.717, 1.165) is 19.3 Å². The van der Waals surface area contributed by atoms with Gasteiger partial charge in [-0.2, -0.15) is 0 Å². The molecule has 6 heteroatoms. The molecule has 3 rings (SSSR count). The summed E-state index contributed by atoms with van der Waals surface area (Å²) in [6, 6.07) is 0. The number of aliphatic hydroxyl groups excluding tert-OH is 1. The Balaban J connectivity index is 2.00. The largest absolute Gasteiger partial charge is 0.512 e. The Hall–Kier alpha value is -1.56. The number of hydrogen-bond donors (Lipinski definition) is 2. The summed E-state index contributed by atoms with van der Waals surface area (Å²) in [7, 11) is 0. The van der Waals surface area contributed by atoms with E-state index in [1.54, 1.807) is 13.8 Å². The van der Waals surface area contributed by atoms with Crippen LogP contribution in [0.1, 0.15) is 46.0 Å². The molecule has 0 aromatic heterocycles. The maximum Gasteiger partial charge on any atom is 0.337 e. The van der Waals surface area contributed by atoms with Crippen LogP contribution in [0.2, 0.25) is 0 Å². The van der Waals surface area contributed by atoms with Crippen LogP contribution in [0.4, 0.5) is 0 Å². The zero-order chi connectivity index (χ0) is 17.5. The SMILES string of the molecule is CCOC(=O)C1=C(O)CC2(O)CC1C1CCCC1C2C(=O)OCC. The molecule has 24 heavy (non-hydrogen) atoms. The van der Waals surface area contributed by atoms with E-state index < -0.39 is 17.5 Å². The molecule has 0 radical (unpaired) electrons. The van der Waals surface area contributed by atoms with E-state index in [0.29, 0.717) is 12.0 Å². The third-order valence-corrected chi connectivity index (χ3v) is 5.91. The molecule has 0 amide bonds. The van der Waals surface area contributed by atoms with Crippen LogP contribution in [0, 0.1) is 23.7 Å². The average Bonchev–Trinajstić information content (AvgIpc) is 2.95. The van der Waals surface area contributed by atoms with Crippen molar-refractivity contribution < 1.29 is 29.3 Å². The molecular weight excluding hydrogens is 312 g/mol. The van der Waals surface area contributed by atoms with Crippen LogP contribution in [0.3, 0.4) is 0 Å². The Labute approximate surface area is 141 Å². The summed E-state index contributed by atoms with van der Waals surface area (Å²) in [6.45, 7) is 3.98. The highest BCUT2D eigenvalue weighted by Gasteiger charge is 2.61. The minimum absolute atomic E-state index is 0.00896. The molecule has 6 nitrogen and oxygen atoms in total. The normalized spacial score (nSPS) is 37.8. The Morgan fingerprint density at radius 1 is 1.17 bits per heavy atom. The molecule has 5 unspecified atom stereocenters. The molecule has 3 aliphatic rings. The van der Waals surface area contributed by atoms with Crippen molar-refractivity contribution in [2.45, 2.75) is 51.6 Å². The first-order valence-electron chi connectivity index (χ1n) is 8.91. The molecule has 0 heterocycles. The molecule has 0 aliphatic heterocycles. The number of esters is 2. The van der Waals surface area contributed by atoms with Crippen LogP contribution >= 0.6 is 0 Å². The molecule has 0 saturated heterocycles. The van der Waals surface area contributed by atoms with Crippen LogP contribution in [0.25, 0.3) is 0 Å². The summed E-state index contributed by atoms with van der Waals surface area (Å²) in [4.78, 5) is 24.8. The highest BCUT2D eigenvalue weighted by molar-refractivity contribution is 5.90. The molecule has 2 saturated carbocycles.